The first kappa shape index (κ1) is 19.9. The van der Waals surface area contributed by atoms with Crippen molar-refractivity contribution < 1.29 is 33.3 Å². The van der Waals surface area contributed by atoms with Gasteiger partial charge >= 0.3 is 11.9 Å². The third-order valence-corrected chi connectivity index (χ3v) is 3.96. The van der Waals surface area contributed by atoms with E-state index in [1.807, 2.05) is 0 Å². The van der Waals surface area contributed by atoms with Gasteiger partial charge in [0, 0.05) is 12.5 Å². The molecular weight excluding hydrogens is 378 g/mol. The summed E-state index contributed by atoms with van der Waals surface area (Å²) in [6.07, 6.45) is 1.54. The molecule has 8 nitrogen and oxygen atoms in total. The Labute approximate surface area is 167 Å². The van der Waals surface area contributed by atoms with E-state index >= 15 is 0 Å². The number of carbonyl (C=O) groups excluding carboxylic acids is 2. The van der Waals surface area contributed by atoms with Gasteiger partial charge in [-0.15, -0.1) is 0 Å². The summed E-state index contributed by atoms with van der Waals surface area (Å²) in [6.45, 7) is 1.31. The second kappa shape index (κ2) is 8.47. The van der Waals surface area contributed by atoms with Gasteiger partial charge in [-0.05, 0) is 35.9 Å². The molecule has 2 aromatic carbocycles. The summed E-state index contributed by atoms with van der Waals surface area (Å²) >= 11 is 0. The molecule has 0 fully saturated rings. The van der Waals surface area contributed by atoms with Crippen LogP contribution in [0.2, 0.25) is 0 Å². The molecule has 0 amide bonds. The van der Waals surface area contributed by atoms with Crippen LogP contribution in [0.1, 0.15) is 18.1 Å². The van der Waals surface area contributed by atoms with Crippen LogP contribution in [0.15, 0.2) is 47.1 Å². The number of carbonyl (C=O) groups is 2. The molecule has 8 heteroatoms. The lowest BCUT2D eigenvalue weighted by atomic mass is 10.1. The van der Waals surface area contributed by atoms with Gasteiger partial charge < -0.3 is 23.7 Å². The minimum atomic E-state index is -0.605. The highest BCUT2D eigenvalue weighted by Crippen LogP contribution is 2.39. The lowest BCUT2D eigenvalue weighted by Crippen LogP contribution is -2.07. The van der Waals surface area contributed by atoms with E-state index < -0.39 is 11.9 Å². The number of ether oxygens (including phenoxy) is 5. The highest BCUT2D eigenvalue weighted by Gasteiger charge is 2.26. The molecule has 0 atom stereocenters. The number of aliphatic imine (C=N–C) groups is 1. The summed E-state index contributed by atoms with van der Waals surface area (Å²) in [5.41, 5.74) is 1.23. The van der Waals surface area contributed by atoms with Crippen molar-refractivity contribution in [2.75, 3.05) is 21.3 Å². The average molecular weight is 397 g/mol. The van der Waals surface area contributed by atoms with Crippen LogP contribution in [0.5, 0.6) is 23.0 Å². The highest BCUT2D eigenvalue weighted by molar-refractivity contribution is 6.13. The zero-order valence-corrected chi connectivity index (χ0v) is 16.3. The van der Waals surface area contributed by atoms with Crippen molar-refractivity contribution in [1.82, 2.24) is 0 Å². The highest BCUT2D eigenvalue weighted by atomic mass is 16.6. The molecule has 3 rings (SSSR count). The van der Waals surface area contributed by atoms with Gasteiger partial charge in [-0.1, -0.05) is 12.1 Å². The number of benzene rings is 2. The first-order chi connectivity index (χ1) is 13.9. The Morgan fingerprint density at radius 1 is 1.03 bits per heavy atom. The molecule has 1 aliphatic heterocycles. The van der Waals surface area contributed by atoms with Gasteiger partial charge in [0.15, 0.2) is 17.2 Å². The minimum absolute atomic E-state index is 0.105. The Morgan fingerprint density at radius 3 is 2.31 bits per heavy atom. The van der Waals surface area contributed by atoms with E-state index in [2.05, 4.69) is 4.99 Å². The number of hydrogen-bond donors (Lipinski definition) is 0. The first-order valence-electron chi connectivity index (χ1n) is 8.56. The molecule has 1 heterocycles. The molecule has 0 bridgehead atoms. The zero-order chi connectivity index (χ0) is 21.0. The van der Waals surface area contributed by atoms with Crippen molar-refractivity contribution in [2.24, 2.45) is 4.99 Å². The van der Waals surface area contributed by atoms with Gasteiger partial charge in [-0.25, -0.2) is 9.79 Å². The molecule has 0 saturated carbocycles. The number of methoxy groups -OCH3 is 3. The van der Waals surface area contributed by atoms with Gasteiger partial charge in [0.1, 0.15) is 5.75 Å². The molecule has 150 valence electrons. The SMILES string of the molecule is COc1cc(C2=NC(=Cc3cccc(OC(C)=O)c3)C(=O)O2)cc(OC)c1OC. The first-order valence-corrected chi connectivity index (χ1v) is 8.56. The molecular formula is C21H19NO7. The summed E-state index contributed by atoms with van der Waals surface area (Å²) in [4.78, 5) is 27.7. The van der Waals surface area contributed by atoms with Crippen molar-refractivity contribution in [3.63, 3.8) is 0 Å². The second-order valence-corrected chi connectivity index (χ2v) is 5.92. The Morgan fingerprint density at radius 2 is 1.72 bits per heavy atom. The average Bonchev–Trinajstić information content (AvgIpc) is 3.06. The molecule has 0 aliphatic carbocycles. The largest absolute Gasteiger partial charge is 0.493 e. The van der Waals surface area contributed by atoms with Gasteiger partial charge in [-0.2, -0.15) is 0 Å². The standard InChI is InChI=1S/C21H19NO7/c1-12(23)28-15-7-5-6-13(8-15)9-16-21(24)29-20(22-16)14-10-17(25-2)19(27-4)18(11-14)26-3/h5-11H,1-4H3. The van der Waals surface area contributed by atoms with Gasteiger partial charge in [0.05, 0.1) is 21.3 Å². The molecule has 0 aromatic heterocycles. The van der Waals surface area contributed by atoms with E-state index in [1.54, 1.807) is 42.5 Å². The summed E-state index contributed by atoms with van der Waals surface area (Å²) < 4.78 is 26.3. The van der Waals surface area contributed by atoms with Gasteiger partial charge in [0.2, 0.25) is 11.6 Å². The normalized spacial score (nSPS) is 14.3. The van der Waals surface area contributed by atoms with Gasteiger partial charge in [0.25, 0.3) is 0 Å². The molecule has 0 radical (unpaired) electrons. The molecule has 29 heavy (non-hydrogen) atoms. The van der Waals surface area contributed by atoms with Crippen molar-refractivity contribution in [1.29, 1.82) is 0 Å². The molecule has 0 saturated heterocycles. The van der Waals surface area contributed by atoms with Crippen molar-refractivity contribution in [3.05, 3.63) is 53.2 Å². The number of cyclic esters (lactones) is 1. The Kier molecular flexibility index (Phi) is 5.82. The van der Waals surface area contributed by atoms with Crippen molar-refractivity contribution in [3.8, 4) is 23.0 Å². The number of esters is 2. The van der Waals surface area contributed by atoms with Crippen LogP contribution >= 0.6 is 0 Å². The van der Waals surface area contributed by atoms with E-state index in [-0.39, 0.29) is 11.6 Å². The predicted octanol–water partition coefficient (Wildman–Crippen LogP) is 2.98. The fourth-order valence-electron chi connectivity index (χ4n) is 2.73. The third kappa shape index (κ3) is 4.37. The van der Waals surface area contributed by atoms with E-state index in [0.29, 0.717) is 34.1 Å². The zero-order valence-electron chi connectivity index (χ0n) is 16.3. The van der Waals surface area contributed by atoms with E-state index in [9.17, 15) is 9.59 Å². The smallest absolute Gasteiger partial charge is 0.363 e. The second-order valence-electron chi connectivity index (χ2n) is 5.92. The Hall–Kier alpha value is -3.81. The molecule has 1 aliphatic rings. The van der Waals surface area contributed by atoms with Crippen molar-refractivity contribution in [2.45, 2.75) is 6.92 Å². The third-order valence-electron chi connectivity index (χ3n) is 3.96. The Bertz CT molecular complexity index is 998. The maximum atomic E-state index is 12.3. The Balaban J connectivity index is 1.96. The van der Waals surface area contributed by atoms with Crippen LogP contribution in [0.25, 0.3) is 6.08 Å². The predicted molar refractivity (Wildman–Crippen MR) is 104 cm³/mol. The number of nitrogens with zero attached hydrogens (tertiary/aromatic N) is 1. The quantitative estimate of drug-likeness (QED) is 0.420. The topological polar surface area (TPSA) is 92.7 Å². The van der Waals surface area contributed by atoms with Crippen LogP contribution in [-0.2, 0) is 14.3 Å². The number of hydrogen-bond acceptors (Lipinski definition) is 8. The lowest BCUT2D eigenvalue weighted by molar-refractivity contribution is -0.132. The van der Waals surface area contributed by atoms with Crippen LogP contribution in [-0.4, -0.2) is 39.2 Å². The van der Waals surface area contributed by atoms with E-state index in [1.165, 1.54) is 28.3 Å². The summed E-state index contributed by atoms with van der Waals surface area (Å²) in [7, 11) is 4.48. The van der Waals surface area contributed by atoms with E-state index in [0.717, 1.165) is 0 Å². The summed E-state index contributed by atoms with van der Waals surface area (Å²) in [5.74, 6) is 0.675. The molecule has 0 N–H and O–H groups in total. The lowest BCUT2D eigenvalue weighted by Gasteiger charge is -2.13. The summed E-state index contributed by atoms with van der Waals surface area (Å²) in [5, 5.41) is 0. The maximum absolute atomic E-state index is 12.3. The fourth-order valence-corrected chi connectivity index (χ4v) is 2.73. The summed E-state index contributed by atoms with van der Waals surface area (Å²) in [6, 6.07) is 9.99. The van der Waals surface area contributed by atoms with Gasteiger partial charge in [-0.3, -0.25) is 4.79 Å². The number of rotatable bonds is 6. The molecule has 0 unspecified atom stereocenters. The van der Waals surface area contributed by atoms with Crippen LogP contribution in [0.4, 0.5) is 0 Å². The van der Waals surface area contributed by atoms with Crippen molar-refractivity contribution >= 4 is 23.9 Å². The molecule has 0 spiro atoms. The minimum Gasteiger partial charge on any atom is -0.493 e. The van der Waals surface area contributed by atoms with Crippen LogP contribution in [0, 0.1) is 0 Å². The van der Waals surface area contributed by atoms with Crippen LogP contribution in [0.3, 0.4) is 0 Å². The monoisotopic (exact) mass is 397 g/mol. The fraction of sp³-hybridized carbons (Fsp3) is 0.190. The molecule has 2 aromatic rings. The van der Waals surface area contributed by atoms with E-state index in [4.69, 9.17) is 23.7 Å². The van der Waals surface area contributed by atoms with Crippen LogP contribution < -0.4 is 18.9 Å². The maximum Gasteiger partial charge on any atom is 0.363 e.